The number of rotatable bonds is 6. The molecule has 0 fully saturated rings. The molecule has 0 unspecified atom stereocenters. The first-order chi connectivity index (χ1) is 8.40. The summed E-state index contributed by atoms with van der Waals surface area (Å²) in [7, 11) is 0. The molecule has 102 valence electrons. The van der Waals surface area contributed by atoms with Crippen LogP contribution in [-0.2, 0) is 12.8 Å². The summed E-state index contributed by atoms with van der Waals surface area (Å²) in [5.41, 5.74) is 1.71. The Hall–Kier alpha value is -0.600. The SMILES string of the molecule is CCc1ccc(CC(C)=CCCNC(C)(C)C)s1. The van der Waals surface area contributed by atoms with Gasteiger partial charge in [-0.15, -0.1) is 11.3 Å². The van der Waals surface area contributed by atoms with Crippen LogP contribution in [0.5, 0.6) is 0 Å². The lowest BCUT2D eigenvalue weighted by molar-refractivity contribution is 0.431. The highest BCUT2D eigenvalue weighted by Gasteiger charge is 2.06. The zero-order valence-corrected chi connectivity index (χ0v) is 13.3. The molecule has 0 aliphatic heterocycles. The van der Waals surface area contributed by atoms with Crippen LogP contribution >= 0.6 is 11.3 Å². The quantitative estimate of drug-likeness (QED) is 0.586. The molecule has 0 aliphatic carbocycles. The Kier molecular flexibility index (Phi) is 6.10. The van der Waals surface area contributed by atoms with Crippen molar-refractivity contribution in [3.05, 3.63) is 33.5 Å². The van der Waals surface area contributed by atoms with Crippen molar-refractivity contribution in [2.45, 2.75) is 59.4 Å². The van der Waals surface area contributed by atoms with Gasteiger partial charge in [0.2, 0.25) is 0 Å². The van der Waals surface area contributed by atoms with Crippen LogP contribution in [0.4, 0.5) is 0 Å². The summed E-state index contributed by atoms with van der Waals surface area (Å²) in [6.07, 6.45) is 5.75. The van der Waals surface area contributed by atoms with Crippen molar-refractivity contribution in [2.24, 2.45) is 0 Å². The minimum absolute atomic E-state index is 0.228. The normalized spacial score (nSPS) is 13.1. The van der Waals surface area contributed by atoms with E-state index in [4.69, 9.17) is 0 Å². The highest BCUT2D eigenvalue weighted by molar-refractivity contribution is 7.12. The highest BCUT2D eigenvalue weighted by Crippen LogP contribution is 2.20. The summed E-state index contributed by atoms with van der Waals surface area (Å²) in [4.78, 5) is 2.98. The van der Waals surface area contributed by atoms with Crippen LogP contribution in [0.2, 0.25) is 0 Å². The Morgan fingerprint density at radius 1 is 1.28 bits per heavy atom. The number of allylic oxidation sites excluding steroid dienone is 1. The molecule has 2 heteroatoms. The fraction of sp³-hybridized carbons (Fsp3) is 0.625. The summed E-state index contributed by atoms with van der Waals surface area (Å²) >= 11 is 1.95. The van der Waals surface area contributed by atoms with Gasteiger partial charge in [0.05, 0.1) is 0 Å². The second kappa shape index (κ2) is 7.10. The topological polar surface area (TPSA) is 12.0 Å². The zero-order chi connectivity index (χ0) is 13.6. The van der Waals surface area contributed by atoms with E-state index in [1.807, 2.05) is 11.3 Å². The first kappa shape index (κ1) is 15.5. The molecule has 1 heterocycles. The lowest BCUT2D eigenvalue weighted by Crippen LogP contribution is -2.36. The molecular weight excluding hydrogens is 238 g/mol. The Balaban J connectivity index is 2.33. The summed E-state index contributed by atoms with van der Waals surface area (Å²) in [6.45, 7) is 12.1. The van der Waals surface area contributed by atoms with Crippen molar-refractivity contribution in [3.63, 3.8) is 0 Å². The third-order valence-electron chi connectivity index (χ3n) is 2.81. The third-order valence-corrected chi connectivity index (χ3v) is 4.04. The molecular formula is C16H27NS. The van der Waals surface area contributed by atoms with Crippen molar-refractivity contribution < 1.29 is 0 Å². The molecule has 1 rings (SSSR count). The molecule has 0 aliphatic rings. The van der Waals surface area contributed by atoms with Crippen LogP contribution in [-0.4, -0.2) is 12.1 Å². The van der Waals surface area contributed by atoms with Gasteiger partial charge in [0.25, 0.3) is 0 Å². The molecule has 0 saturated heterocycles. The van der Waals surface area contributed by atoms with E-state index in [2.05, 4.69) is 58.1 Å². The fourth-order valence-electron chi connectivity index (χ4n) is 1.82. The highest BCUT2D eigenvalue weighted by atomic mass is 32.1. The number of nitrogens with one attached hydrogen (secondary N) is 1. The smallest absolute Gasteiger partial charge is 0.00966 e. The molecule has 18 heavy (non-hydrogen) atoms. The lowest BCUT2D eigenvalue weighted by atomic mass is 10.1. The van der Waals surface area contributed by atoms with Gasteiger partial charge in [-0.05, 0) is 59.2 Å². The predicted molar refractivity (Wildman–Crippen MR) is 83.5 cm³/mol. The standard InChI is InChI=1S/C16H27NS/c1-6-14-9-10-15(18-14)12-13(2)8-7-11-17-16(3,4)5/h8-10,17H,6-7,11-12H2,1-5H3. The van der Waals surface area contributed by atoms with Crippen LogP contribution in [0.15, 0.2) is 23.8 Å². The molecule has 1 nitrogen and oxygen atoms in total. The van der Waals surface area contributed by atoms with Gasteiger partial charge in [-0.25, -0.2) is 0 Å². The molecule has 1 aromatic heterocycles. The average Bonchev–Trinajstić information content (AvgIpc) is 2.71. The molecule has 0 saturated carbocycles. The Labute approximate surface area is 116 Å². The van der Waals surface area contributed by atoms with E-state index < -0.39 is 0 Å². The number of hydrogen-bond donors (Lipinski definition) is 1. The summed E-state index contributed by atoms with van der Waals surface area (Å²) in [5.74, 6) is 0. The van der Waals surface area contributed by atoms with E-state index in [1.165, 1.54) is 15.3 Å². The average molecular weight is 265 g/mol. The van der Waals surface area contributed by atoms with E-state index in [0.717, 1.165) is 25.8 Å². The lowest BCUT2D eigenvalue weighted by Gasteiger charge is -2.19. The van der Waals surface area contributed by atoms with Gasteiger partial charge in [0, 0.05) is 21.7 Å². The summed E-state index contributed by atoms with van der Waals surface area (Å²) in [5, 5.41) is 3.51. The van der Waals surface area contributed by atoms with Crippen LogP contribution < -0.4 is 5.32 Å². The minimum atomic E-state index is 0.228. The van der Waals surface area contributed by atoms with Gasteiger partial charge in [0.1, 0.15) is 0 Å². The first-order valence-electron chi connectivity index (χ1n) is 6.89. The van der Waals surface area contributed by atoms with E-state index in [1.54, 1.807) is 0 Å². The Morgan fingerprint density at radius 3 is 2.50 bits per heavy atom. The van der Waals surface area contributed by atoms with E-state index >= 15 is 0 Å². The van der Waals surface area contributed by atoms with Crippen molar-refractivity contribution in [3.8, 4) is 0 Å². The van der Waals surface area contributed by atoms with Gasteiger partial charge in [0.15, 0.2) is 0 Å². The minimum Gasteiger partial charge on any atom is -0.312 e. The number of aryl methyl sites for hydroxylation is 1. The van der Waals surface area contributed by atoms with Crippen molar-refractivity contribution >= 4 is 11.3 Å². The van der Waals surface area contributed by atoms with Gasteiger partial charge in [-0.2, -0.15) is 0 Å². The monoisotopic (exact) mass is 265 g/mol. The number of hydrogen-bond acceptors (Lipinski definition) is 2. The fourth-order valence-corrected chi connectivity index (χ4v) is 2.87. The van der Waals surface area contributed by atoms with Crippen LogP contribution in [0.25, 0.3) is 0 Å². The van der Waals surface area contributed by atoms with Gasteiger partial charge in [-0.3, -0.25) is 0 Å². The second-order valence-electron chi connectivity index (χ2n) is 5.91. The molecule has 0 atom stereocenters. The maximum Gasteiger partial charge on any atom is 0.00966 e. The predicted octanol–water partition coefficient (Wildman–Crippen LogP) is 4.58. The maximum atomic E-state index is 3.51. The third kappa shape index (κ3) is 6.36. The van der Waals surface area contributed by atoms with Crippen molar-refractivity contribution in [1.82, 2.24) is 5.32 Å². The van der Waals surface area contributed by atoms with Crippen molar-refractivity contribution in [2.75, 3.05) is 6.54 Å². The van der Waals surface area contributed by atoms with Crippen molar-refractivity contribution in [1.29, 1.82) is 0 Å². The molecule has 1 aromatic rings. The van der Waals surface area contributed by atoms with Gasteiger partial charge >= 0.3 is 0 Å². The Morgan fingerprint density at radius 2 is 1.94 bits per heavy atom. The molecule has 0 bridgehead atoms. The molecule has 1 N–H and O–H groups in total. The first-order valence-corrected chi connectivity index (χ1v) is 7.70. The largest absolute Gasteiger partial charge is 0.312 e. The van der Waals surface area contributed by atoms with Crippen LogP contribution in [0.1, 0.15) is 50.8 Å². The number of thiophene rings is 1. The van der Waals surface area contributed by atoms with E-state index in [-0.39, 0.29) is 5.54 Å². The maximum absolute atomic E-state index is 3.51. The van der Waals surface area contributed by atoms with Gasteiger partial charge < -0.3 is 5.32 Å². The second-order valence-corrected chi connectivity index (χ2v) is 7.17. The zero-order valence-electron chi connectivity index (χ0n) is 12.5. The Bertz CT molecular complexity index is 382. The van der Waals surface area contributed by atoms with Gasteiger partial charge in [-0.1, -0.05) is 18.6 Å². The van der Waals surface area contributed by atoms with E-state index in [9.17, 15) is 0 Å². The van der Waals surface area contributed by atoms with Crippen LogP contribution in [0, 0.1) is 0 Å². The van der Waals surface area contributed by atoms with E-state index in [0.29, 0.717) is 0 Å². The summed E-state index contributed by atoms with van der Waals surface area (Å²) < 4.78 is 0. The molecule has 0 amide bonds. The molecule has 0 radical (unpaired) electrons. The molecule has 0 aromatic carbocycles. The summed E-state index contributed by atoms with van der Waals surface area (Å²) in [6, 6.07) is 4.53. The van der Waals surface area contributed by atoms with Crippen LogP contribution in [0.3, 0.4) is 0 Å². The molecule has 0 spiro atoms.